The molecule has 2 aromatic carbocycles. The molecule has 0 saturated heterocycles. The molecule has 4 heteroatoms. The summed E-state index contributed by atoms with van der Waals surface area (Å²) < 4.78 is 0. The highest BCUT2D eigenvalue weighted by Gasteiger charge is 2.15. The summed E-state index contributed by atoms with van der Waals surface area (Å²) in [5, 5.41) is 7.05. The Morgan fingerprint density at radius 1 is 0.900 bits per heavy atom. The number of benzene rings is 2. The molecule has 0 aliphatic rings. The van der Waals surface area contributed by atoms with Crippen LogP contribution >= 0.6 is 0 Å². The van der Waals surface area contributed by atoms with Gasteiger partial charge in [0.25, 0.3) is 11.8 Å². The van der Waals surface area contributed by atoms with E-state index in [2.05, 4.69) is 10.6 Å². The van der Waals surface area contributed by atoms with Gasteiger partial charge >= 0.3 is 0 Å². The van der Waals surface area contributed by atoms with Gasteiger partial charge in [-0.25, -0.2) is 0 Å². The molecular weight excluding hydrogens is 252 g/mol. The van der Waals surface area contributed by atoms with Crippen molar-refractivity contribution in [2.75, 3.05) is 7.05 Å². The maximum absolute atomic E-state index is 12.2. The molecule has 0 unspecified atom stereocenters. The maximum atomic E-state index is 12.2. The highest BCUT2D eigenvalue weighted by atomic mass is 16.2. The van der Waals surface area contributed by atoms with Crippen molar-refractivity contribution in [1.82, 2.24) is 10.6 Å². The first-order valence-corrected chi connectivity index (χ1v) is 6.59. The van der Waals surface area contributed by atoms with E-state index >= 15 is 0 Å². The van der Waals surface area contributed by atoms with Gasteiger partial charge in [0.15, 0.2) is 0 Å². The summed E-state index contributed by atoms with van der Waals surface area (Å²) in [6.45, 7) is 3.83. The van der Waals surface area contributed by atoms with Gasteiger partial charge in [0.2, 0.25) is 0 Å². The molecule has 0 aliphatic heterocycles. The van der Waals surface area contributed by atoms with Gasteiger partial charge in [0.1, 0.15) is 0 Å². The van der Waals surface area contributed by atoms with Crippen molar-refractivity contribution in [3.63, 3.8) is 0 Å². The van der Waals surface area contributed by atoms with Gasteiger partial charge in [-0.15, -0.1) is 0 Å². The average molecular weight is 270 g/mol. The molecule has 0 aromatic heterocycles. The monoisotopic (exact) mass is 270 g/mol. The predicted molar refractivity (Wildman–Crippen MR) is 79.9 cm³/mol. The zero-order valence-electron chi connectivity index (χ0n) is 11.9. The third-order valence-corrected chi connectivity index (χ3v) is 3.06. The molecule has 0 spiro atoms. The molecule has 2 aromatic rings. The molecule has 4 nitrogen and oxygen atoms in total. The second kappa shape index (κ2) is 5.74. The number of hydrogen-bond donors (Lipinski definition) is 2. The Morgan fingerprint density at radius 2 is 1.40 bits per heavy atom. The Hall–Kier alpha value is -2.36. The quantitative estimate of drug-likeness (QED) is 0.899. The van der Waals surface area contributed by atoms with Crippen molar-refractivity contribution in [2.24, 2.45) is 0 Å². The van der Waals surface area contributed by atoms with Crippen LogP contribution in [0.2, 0.25) is 0 Å². The average Bonchev–Trinajstić information content (AvgIpc) is 2.44. The Labute approximate surface area is 118 Å². The highest BCUT2D eigenvalue weighted by Crippen LogP contribution is 2.23. The minimum atomic E-state index is -0.156. The van der Waals surface area contributed by atoms with Gasteiger partial charge < -0.3 is 10.6 Å². The van der Waals surface area contributed by atoms with Crippen molar-refractivity contribution in [3.8, 4) is 0 Å². The van der Waals surface area contributed by atoms with Gasteiger partial charge in [-0.05, 0) is 36.8 Å². The minimum absolute atomic E-state index is 0.0693. The largest absolute Gasteiger partial charge is 0.355 e. The van der Waals surface area contributed by atoms with Gasteiger partial charge in [0, 0.05) is 24.2 Å². The SMILES string of the molecule is CNC(=O)c1ccc(C(=O)NC(C)C)c2ccccc12. The third kappa shape index (κ3) is 2.64. The van der Waals surface area contributed by atoms with E-state index in [9.17, 15) is 9.59 Å². The van der Waals surface area contributed by atoms with E-state index < -0.39 is 0 Å². The van der Waals surface area contributed by atoms with Gasteiger partial charge in [-0.1, -0.05) is 24.3 Å². The number of hydrogen-bond acceptors (Lipinski definition) is 2. The summed E-state index contributed by atoms with van der Waals surface area (Å²) in [5.41, 5.74) is 1.16. The zero-order chi connectivity index (χ0) is 14.7. The fraction of sp³-hybridized carbons (Fsp3) is 0.250. The first kappa shape index (κ1) is 14.1. The molecule has 0 saturated carbocycles. The van der Waals surface area contributed by atoms with Crippen molar-refractivity contribution >= 4 is 22.6 Å². The van der Waals surface area contributed by atoms with Crippen LogP contribution in [-0.2, 0) is 0 Å². The van der Waals surface area contributed by atoms with Crippen LogP contribution < -0.4 is 10.6 Å². The van der Waals surface area contributed by atoms with Crippen LogP contribution in [0.4, 0.5) is 0 Å². The number of carbonyl (C=O) groups excluding carboxylic acids is 2. The van der Waals surface area contributed by atoms with Crippen LogP contribution in [0.3, 0.4) is 0 Å². The summed E-state index contributed by atoms with van der Waals surface area (Å²) in [6.07, 6.45) is 0. The molecule has 0 bridgehead atoms. The second-order valence-electron chi connectivity index (χ2n) is 4.91. The maximum Gasteiger partial charge on any atom is 0.252 e. The topological polar surface area (TPSA) is 58.2 Å². The number of rotatable bonds is 3. The standard InChI is InChI=1S/C16H18N2O2/c1-10(2)18-16(20)14-9-8-13(15(19)17-3)11-6-4-5-7-12(11)14/h4-10H,1-3H3,(H,17,19)(H,18,20). The Kier molecular flexibility index (Phi) is 4.03. The molecule has 0 radical (unpaired) electrons. The second-order valence-corrected chi connectivity index (χ2v) is 4.91. The summed E-state index contributed by atoms with van der Waals surface area (Å²) in [7, 11) is 1.59. The lowest BCUT2D eigenvalue weighted by Crippen LogP contribution is -2.30. The Bertz CT molecular complexity index is 663. The normalized spacial score (nSPS) is 10.6. The molecule has 0 atom stereocenters. The molecule has 2 amide bonds. The van der Waals surface area contributed by atoms with Crippen molar-refractivity contribution in [1.29, 1.82) is 0 Å². The lowest BCUT2D eigenvalue weighted by Gasteiger charge is -2.12. The van der Waals surface area contributed by atoms with Gasteiger partial charge in [-0.2, -0.15) is 0 Å². The van der Waals surface area contributed by atoms with Crippen molar-refractivity contribution < 1.29 is 9.59 Å². The fourth-order valence-corrected chi connectivity index (χ4v) is 2.17. The Morgan fingerprint density at radius 3 is 1.85 bits per heavy atom. The molecule has 20 heavy (non-hydrogen) atoms. The van der Waals surface area contributed by atoms with E-state index in [4.69, 9.17) is 0 Å². The third-order valence-electron chi connectivity index (χ3n) is 3.06. The van der Waals surface area contributed by atoms with E-state index in [0.717, 1.165) is 10.8 Å². The first-order valence-electron chi connectivity index (χ1n) is 6.59. The fourth-order valence-electron chi connectivity index (χ4n) is 2.17. The molecule has 104 valence electrons. The van der Waals surface area contributed by atoms with Crippen LogP contribution in [-0.4, -0.2) is 24.9 Å². The molecule has 0 fully saturated rings. The molecule has 0 heterocycles. The number of nitrogens with one attached hydrogen (secondary N) is 2. The van der Waals surface area contributed by atoms with E-state index in [0.29, 0.717) is 11.1 Å². The smallest absolute Gasteiger partial charge is 0.252 e. The summed E-state index contributed by atoms with van der Waals surface area (Å²) in [6, 6.07) is 10.9. The summed E-state index contributed by atoms with van der Waals surface area (Å²) in [4.78, 5) is 24.1. The molecule has 2 N–H and O–H groups in total. The van der Waals surface area contributed by atoms with Gasteiger partial charge in [0.05, 0.1) is 0 Å². The van der Waals surface area contributed by atoms with Gasteiger partial charge in [-0.3, -0.25) is 9.59 Å². The highest BCUT2D eigenvalue weighted by molar-refractivity contribution is 6.14. The van der Waals surface area contributed by atoms with E-state index in [-0.39, 0.29) is 17.9 Å². The van der Waals surface area contributed by atoms with Crippen LogP contribution in [0.5, 0.6) is 0 Å². The number of fused-ring (bicyclic) bond motifs is 1. The van der Waals surface area contributed by atoms with Crippen LogP contribution in [0.15, 0.2) is 36.4 Å². The Balaban J connectivity index is 2.60. The van der Waals surface area contributed by atoms with Crippen LogP contribution in [0, 0.1) is 0 Å². The lowest BCUT2D eigenvalue weighted by molar-refractivity contribution is 0.0939. The van der Waals surface area contributed by atoms with E-state index in [1.807, 2.05) is 38.1 Å². The van der Waals surface area contributed by atoms with Crippen molar-refractivity contribution in [3.05, 3.63) is 47.5 Å². The number of amides is 2. The molecule has 0 aliphatic carbocycles. The minimum Gasteiger partial charge on any atom is -0.355 e. The summed E-state index contributed by atoms with van der Waals surface area (Å²) >= 11 is 0. The predicted octanol–water partition coefficient (Wildman–Crippen LogP) is 2.34. The van der Waals surface area contributed by atoms with Crippen LogP contribution in [0.1, 0.15) is 34.6 Å². The first-order chi connectivity index (χ1) is 9.54. The van der Waals surface area contributed by atoms with E-state index in [1.165, 1.54) is 0 Å². The molecular formula is C16H18N2O2. The van der Waals surface area contributed by atoms with Crippen molar-refractivity contribution in [2.45, 2.75) is 19.9 Å². The summed E-state index contributed by atoms with van der Waals surface area (Å²) in [5.74, 6) is -0.281. The van der Waals surface area contributed by atoms with Crippen LogP contribution in [0.25, 0.3) is 10.8 Å². The lowest BCUT2D eigenvalue weighted by atomic mass is 9.98. The molecule has 2 rings (SSSR count). The van der Waals surface area contributed by atoms with E-state index in [1.54, 1.807) is 19.2 Å². The zero-order valence-corrected chi connectivity index (χ0v) is 11.9. The number of carbonyl (C=O) groups is 2.